The maximum Gasteiger partial charge on any atom is 0.247 e. The molecule has 0 atom stereocenters. The van der Waals surface area contributed by atoms with Crippen LogP contribution in [0.1, 0.15) is 41.7 Å². The Balaban J connectivity index is 1.13. The smallest absolute Gasteiger partial charge is 0.247 e. The monoisotopic (exact) mass is 654 g/mol. The topological polar surface area (TPSA) is 8.17 Å². The Bertz CT molecular complexity index is 2640. The van der Waals surface area contributed by atoms with Crippen molar-refractivity contribution in [3.8, 4) is 16.8 Å². The van der Waals surface area contributed by atoms with Crippen molar-refractivity contribution in [2.24, 2.45) is 0 Å². The number of fused-ring (bicyclic) bond motifs is 7. The molecule has 0 saturated carbocycles. The first-order valence-corrected chi connectivity index (χ1v) is 18.1. The van der Waals surface area contributed by atoms with Gasteiger partial charge >= 0.3 is 0 Å². The molecule has 0 amide bonds. The van der Waals surface area contributed by atoms with E-state index in [-0.39, 0.29) is 12.1 Å². The summed E-state index contributed by atoms with van der Waals surface area (Å²) in [6.45, 7) is 11.7. The van der Waals surface area contributed by atoms with Crippen LogP contribution in [0.4, 0.5) is 17.1 Å². The van der Waals surface area contributed by atoms with E-state index in [9.17, 15) is 0 Å². The van der Waals surface area contributed by atoms with Gasteiger partial charge in [-0.2, -0.15) is 0 Å². The summed E-state index contributed by atoms with van der Waals surface area (Å²) in [7, 11) is 0. The number of aromatic nitrogens is 1. The van der Waals surface area contributed by atoms with Gasteiger partial charge in [-0.1, -0.05) is 127 Å². The minimum Gasteiger partial charge on any atom is -0.312 e. The molecule has 2 aliphatic rings. The molecule has 0 N–H and O–H groups in total. The summed E-state index contributed by atoms with van der Waals surface area (Å²) in [6.07, 6.45) is 0. The fourth-order valence-corrected chi connectivity index (χ4v) is 9.39. The van der Waals surface area contributed by atoms with Gasteiger partial charge in [0.25, 0.3) is 0 Å². The van der Waals surface area contributed by atoms with Crippen LogP contribution in [0, 0.1) is 20.8 Å². The molecule has 0 unspecified atom stereocenters. The summed E-state index contributed by atoms with van der Waals surface area (Å²) in [4.78, 5) is 2.50. The van der Waals surface area contributed by atoms with Gasteiger partial charge in [0, 0.05) is 38.9 Å². The van der Waals surface area contributed by atoms with Crippen LogP contribution in [0.5, 0.6) is 0 Å². The van der Waals surface area contributed by atoms with Gasteiger partial charge in [-0.05, 0) is 108 Å². The molecule has 1 aromatic heterocycles. The fraction of sp³-hybridized carbons (Fsp3) is 0.125. The lowest BCUT2D eigenvalue weighted by Gasteiger charge is -2.46. The zero-order chi connectivity index (χ0) is 34.6. The second kappa shape index (κ2) is 10.9. The summed E-state index contributed by atoms with van der Waals surface area (Å²) in [5.41, 5.74) is 20.8. The van der Waals surface area contributed by atoms with E-state index < -0.39 is 0 Å². The molecule has 3 heterocycles. The van der Waals surface area contributed by atoms with Crippen molar-refractivity contribution in [1.29, 1.82) is 0 Å². The third kappa shape index (κ3) is 4.31. The molecule has 10 rings (SSSR count). The maximum absolute atomic E-state index is 2.50. The molecule has 2 nitrogen and oxygen atoms in total. The van der Waals surface area contributed by atoms with E-state index in [1.165, 1.54) is 99.9 Å². The van der Waals surface area contributed by atoms with Gasteiger partial charge in [0.1, 0.15) is 0 Å². The van der Waals surface area contributed by atoms with Crippen LogP contribution in [0.25, 0.3) is 38.6 Å². The minimum absolute atomic E-state index is 0.168. The molecule has 0 fully saturated rings. The van der Waals surface area contributed by atoms with Crippen LogP contribution in [-0.2, 0) is 5.41 Å². The van der Waals surface area contributed by atoms with Crippen molar-refractivity contribution >= 4 is 62.0 Å². The van der Waals surface area contributed by atoms with E-state index in [2.05, 4.69) is 190 Å². The number of benzene rings is 7. The summed E-state index contributed by atoms with van der Waals surface area (Å²) >= 11 is 0. The van der Waals surface area contributed by atoms with E-state index >= 15 is 0 Å². The van der Waals surface area contributed by atoms with Crippen molar-refractivity contribution in [3.63, 3.8) is 0 Å². The average Bonchev–Trinajstić information content (AvgIpc) is 3.48. The predicted octanol–water partition coefficient (Wildman–Crippen LogP) is 10.3. The van der Waals surface area contributed by atoms with Crippen molar-refractivity contribution in [2.75, 3.05) is 4.90 Å². The van der Waals surface area contributed by atoms with Crippen LogP contribution in [-0.4, -0.2) is 11.3 Å². The molecule has 0 bridgehead atoms. The molecule has 0 aliphatic carbocycles. The number of aryl methyl sites for hydroxylation is 3. The van der Waals surface area contributed by atoms with Gasteiger partial charge in [-0.3, -0.25) is 0 Å². The van der Waals surface area contributed by atoms with Gasteiger partial charge in [0.2, 0.25) is 6.71 Å². The number of rotatable bonds is 3. The van der Waals surface area contributed by atoms with E-state index in [1.54, 1.807) is 0 Å². The molecule has 51 heavy (non-hydrogen) atoms. The second-order valence-corrected chi connectivity index (χ2v) is 15.2. The predicted molar refractivity (Wildman–Crippen MR) is 218 cm³/mol. The zero-order valence-corrected chi connectivity index (χ0v) is 29.8. The Morgan fingerprint density at radius 3 is 1.82 bits per heavy atom. The van der Waals surface area contributed by atoms with Crippen molar-refractivity contribution < 1.29 is 0 Å². The Morgan fingerprint density at radius 2 is 1.12 bits per heavy atom. The molecular formula is C48H39BN2. The number of hydrogen-bond acceptors (Lipinski definition) is 1. The quantitative estimate of drug-likeness (QED) is 0.172. The summed E-state index contributed by atoms with van der Waals surface area (Å²) in [5, 5.41) is 2.57. The highest BCUT2D eigenvalue weighted by atomic mass is 15.1. The summed E-state index contributed by atoms with van der Waals surface area (Å²) in [5.74, 6) is 0. The first kappa shape index (κ1) is 30.1. The van der Waals surface area contributed by atoms with Gasteiger partial charge in [-0.25, -0.2) is 0 Å². The molecule has 3 heteroatoms. The van der Waals surface area contributed by atoms with E-state index in [0.717, 1.165) is 0 Å². The van der Waals surface area contributed by atoms with Crippen molar-refractivity contribution in [3.05, 3.63) is 173 Å². The van der Waals surface area contributed by atoms with E-state index in [4.69, 9.17) is 0 Å². The first-order valence-electron chi connectivity index (χ1n) is 18.1. The normalized spacial score (nSPS) is 14.1. The number of anilines is 3. The largest absolute Gasteiger partial charge is 0.312 e. The van der Waals surface area contributed by atoms with Gasteiger partial charge < -0.3 is 9.47 Å². The van der Waals surface area contributed by atoms with E-state index in [1.807, 2.05) is 0 Å². The Labute approximate surface area is 300 Å². The van der Waals surface area contributed by atoms with Crippen LogP contribution >= 0.6 is 0 Å². The van der Waals surface area contributed by atoms with Crippen LogP contribution in [0.2, 0.25) is 0 Å². The lowest BCUT2D eigenvalue weighted by molar-refractivity contribution is 0.641. The number of para-hydroxylation sites is 2. The fourth-order valence-electron chi connectivity index (χ4n) is 9.39. The van der Waals surface area contributed by atoms with Crippen LogP contribution in [0.15, 0.2) is 146 Å². The highest BCUT2D eigenvalue weighted by Crippen LogP contribution is 2.44. The summed E-state index contributed by atoms with van der Waals surface area (Å²) in [6, 6.07) is 54.6. The van der Waals surface area contributed by atoms with Crippen LogP contribution in [0.3, 0.4) is 0 Å². The minimum atomic E-state index is -0.180. The Kier molecular flexibility index (Phi) is 6.40. The van der Waals surface area contributed by atoms with Crippen molar-refractivity contribution in [1.82, 2.24) is 4.57 Å². The molecule has 8 aromatic rings. The number of nitrogens with zero attached hydrogens (tertiary/aromatic N) is 2. The lowest BCUT2D eigenvalue weighted by atomic mass is 9.30. The van der Waals surface area contributed by atoms with Gasteiger partial charge in [0.05, 0.1) is 11.0 Å². The molecule has 2 aliphatic heterocycles. The van der Waals surface area contributed by atoms with Gasteiger partial charge in [0.15, 0.2) is 0 Å². The van der Waals surface area contributed by atoms with E-state index in [0.29, 0.717) is 0 Å². The molecular weight excluding hydrogens is 615 g/mol. The third-order valence-electron chi connectivity index (χ3n) is 11.7. The highest BCUT2D eigenvalue weighted by Gasteiger charge is 2.46. The third-order valence-corrected chi connectivity index (χ3v) is 11.7. The zero-order valence-electron chi connectivity index (χ0n) is 29.8. The average molecular weight is 655 g/mol. The summed E-state index contributed by atoms with van der Waals surface area (Å²) < 4.78 is 2.39. The number of hydrogen-bond donors (Lipinski definition) is 0. The Hall–Kier alpha value is -5.80. The SMILES string of the molecule is Cc1ccc(N2c3ccc(C)cc3B3c4ccc(-c5ccc(-n6c7ccccc7c7ccccc76)cc5)cc4C(C)(C)c4c(C)ccc2c43)cc1. The molecule has 0 radical (unpaired) electrons. The van der Waals surface area contributed by atoms with Crippen LogP contribution < -0.4 is 21.3 Å². The molecule has 244 valence electrons. The second-order valence-electron chi connectivity index (χ2n) is 15.2. The molecule has 0 spiro atoms. The highest BCUT2D eigenvalue weighted by molar-refractivity contribution is 6.99. The standard InChI is InChI=1S/C48H39BN2/c1-30-14-21-35(22-15-30)51-44-26-16-31(2)28-41(44)49-40-25-20-34(29-39(40)48(4,5)46-32(3)17-27-45(51)47(46)49)33-18-23-36(24-19-33)50-42-12-8-6-10-37(42)38-11-7-9-13-43(38)50/h6-29H,1-5H3. The Morgan fingerprint density at radius 1 is 0.510 bits per heavy atom. The molecule has 0 saturated heterocycles. The molecule has 7 aromatic carbocycles. The maximum atomic E-state index is 2.50. The van der Waals surface area contributed by atoms with Gasteiger partial charge in [-0.15, -0.1) is 0 Å². The van der Waals surface area contributed by atoms with Crippen molar-refractivity contribution in [2.45, 2.75) is 40.0 Å². The lowest BCUT2D eigenvalue weighted by Crippen LogP contribution is -2.64. The first-order chi connectivity index (χ1) is 24.8.